The van der Waals surface area contributed by atoms with Crippen LogP contribution in [0.4, 0.5) is 8.78 Å². The van der Waals surface area contributed by atoms with E-state index in [2.05, 4.69) is 5.32 Å². The van der Waals surface area contributed by atoms with Crippen molar-refractivity contribution in [3.8, 4) is 0 Å². The molecule has 4 nitrogen and oxygen atoms in total. The van der Waals surface area contributed by atoms with Crippen molar-refractivity contribution in [3.63, 3.8) is 0 Å². The molecular weight excluding hydrogens is 280 g/mol. The van der Waals surface area contributed by atoms with Crippen molar-refractivity contribution in [1.82, 2.24) is 5.32 Å². The summed E-state index contributed by atoms with van der Waals surface area (Å²) >= 11 is 0. The van der Waals surface area contributed by atoms with E-state index in [1.807, 2.05) is 6.92 Å². The van der Waals surface area contributed by atoms with E-state index >= 15 is 0 Å². The molecule has 1 aromatic carbocycles. The molecule has 0 aliphatic rings. The molecule has 0 spiro atoms. The van der Waals surface area contributed by atoms with Crippen molar-refractivity contribution in [2.75, 3.05) is 0 Å². The zero-order valence-corrected chi connectivity index (χ0v) is 12.0. The van der Waals surface area contributed by atoms with Gasteiger partial charge in [-0.05, 0) is 25.5 Å². The number of rotatable bonds is 7. The molecule has 6 heteroatoms. The van der Waals surface area contributed by atoms with Crippen molar-refractivity contribution < 1.29 is 23.5 Å². The monoisotopic (exact) mass is 299 g/mol. The molecule has 0 bridgehead atoms. The molecule has 2 N–H and O–H groups in total. The van der Waals surface area contributed by atoms with Crippen LogP contribution in [0.1, 0.15) is 44.6 Å². The van der Waals surface area contributed by atoms with E-state index < -0.39 is 35.5 Å². The number of hydrogen-bond acceptors (Lipinski definition) is 2. The maximum Gasteiger partial charge on any atom is 0.326 e. The van der Waals surface area contributed by atoms with E-state index in [0.717, 1.165) is 18.6 Å². The quantitative estimate of drug-likeness (QED) is 0.813. The van der Waals surface area contributed by atoms with Gasteiger partial charge >= 0.3 is 5.97 Å². The van der Waals surface area contributed by atoms with E-state index in [4.69, 9.17) is 5.11 Å². The van der Waals surface area contributed by atoms with Crippen LogP contribution in [0.25, 0.3) is 0 Å². The number of nitrogens with one attached hydrogen (secondary N) is 1. The lowest BCUT2D eigenvalue weighted by Crippen LogP contribution is -2.42. The third kappa shape index (κ3) is 4.51. The summed E-state index contributed by atoms with van der Waals surface area (Å²) in [5.41, 5.74) is -0.352. The zero-order valence-electron chi connectivity index (χ0n) is 12.0. The van der Waals surface area contributed by atoms with Gasteiger partial charge in [0, 0.05) is 5.56 Å². The maximum atomic E-state index is 13.6. The van der Waals surface area contributed by atoms with Gasteiger partial charge in [-0.1, -0.05) is 25.8 Å². The van der Waals surface area contributed by atoms with Crippen LogP contribution in [0.3, 0.4) is 0 Å². The van der Waals surface area contributed by atoms with E-state index in [1.54, 1.807) is 0 Å². The van der Waals surface area contributed by atoms with Gasteiger partial charge in [-0.15, -0.1) is 0 Å². The molecule has 116 valence electrons. The topological polar surface area (TPSA) is 66.4 Å². The Balaban J connectivity index is 2.84. The molecule has 0 fully saturated rings. The fourth-order valence-electron chi connectivity index (χ4n) is 2.02. The van der Waals surface area contributed by atoms with Gasteiger partial charge < -0.3 is 10.4 Å². The lowest BCUT2D eigenvalue weighted by molar-refractivity contribution is -0.142. The number of halogens is 2. The van der Waals surface area contributed by atoms with Crippen LogP contribution in [0.2, 0.25) is 0 Å². The average Bonchev–Trinajstić information content (AvgIpc) is 2.42. The highest BCUT2D eigenvalue weighted by Crippen LogP contribution is 2.22. The molecule has 1 amide bonds. The first-order valence-electron chi connectivity index (χ1n) is 6.85. The first kappa shape index (κ1) is 17.1. The highest BCUT2D eigenvalue weighted by atomic mass is 19.1. The molecule has 1 aromatic rings. The number of benzene rings is 1. The summed E-state index contributed by atoms with van der Waals surface area (Å²) in [7, 11) is 0. The summed E-state index contributed by atoms with van der Waals surface area (Å²) in [5.74, 6) is -4.61. The van der Waals surface area contributed by atoms with Crippen LogP contribution in [-0.2, 0) is 9.59 Å². The Morgan fingerprint density at radius 1 is 1.29 bits per heavy atom. The Bertz CT molecular complexity index is 499. The van der Waals surface area contributed by atoms with Gasteiger partial charge in [-0.25, -0.2) is 13.6 Å². The molecular formula is C15H19F2NO3. The second-order valence-electron chi connectivity index (χ2n) is 4.90. The van der Waals surface area contributed by atoms with Crippen molar-refractivity contribution in [2.24, 2.45) is 0 Å². The van der Waals surface area contributed by atoms with Crippen molar-refractivity contribution >= 4 is 11.9 Å². The maximum absolute atomic E-state index is 13.6. The van der Waals surface area contributed by atoms with Gasteiger partial charge in [0.15, 0.2) is 0 Å². The molecule has 0 heterocycles. The second kappa shape index (κ2) is 7.71. The molecule has 0 aromatic heterocycles. The molecule has 0 aliphatic heterocycles. The predicted molar refractivity (Wildman–Crippen MR) is 73.9 cm³/mol. The number of hydrogen-bond donors (Lipinski definition) is 2. The summed E-state index contributed by atoms with van der Waals surface area (Å²) in [4.78, 5) is 23.1. The van der Waals surface area contributed by atoms with Gasteiger partial charge in [0.1, 0.15) is 17.7 Å². The summed E-state index contributed by atoms with van der Waals surface area (Å²) in [6.07, 6.45) is 1.71. The predicted octanol–water partition coefficient (Wildman–Crippen LogP) is 2.83. The van der Waals surface area contributed by atoms with Crippen LogP contribution in [-0.4, -0.2) is 23.0 Å². The van der Waals surface area contributed by atoms with E-state index in [0.29, 0.717) is 6.42 Å². The molecule has 0 saturated carbocycles. The lowest BCUT2D eigenvalue weighted by Gasteiger charge is -2.18. The molecule has 0 saturated heterocycles. The standard InChI is InChI=1S/C15H19F2NO3/c1-3-4-8-12(15(20)21)18-14(19)9(2)13-10(16)6-5-7-11(13)17/h5-7,9,12H,3-4,8H2,1-2H3,(H,18,19)(H,20,21). The average molecular weight is 299 g/mol. The lowest BCUT2D eigenvalue weighted by atomic mass is 9.98. The van der Waals surface area contributed by atoms with Crippen LogP contribution in [0, 0.1) is 11.6 Å². The van der Waals surface area contributed by atoms with Crippen molar-refractivity contribution in [1.29, 1.82) is 0 Å². The van der Waals surface area contributed by atoms with Crippen LogP contribution in [0.5, 0.6) is 0 Å². The first-order chi connectivity index (χ1) is 9.88. The molecule has 2 unspecified atom stereocenters. The largest absolute Gasteiger partial charge is 0.480 e. The van der Waals surface area contributed by atoms with Crippen LogP contribution >= 0.6 is 0 Å². The van der Waals surface area contributed by atoms with Crippen molar-refractivity contribution in [2.45, 2.75) is 45.1 Å². The Morgan fingerprint density at radius 3 is 2.33 bits per heavy atom. The Kier molecular flexibility index (Phi) is 6.27. The molecule has 1 rings (SSSR count). The minimum Gasteiger partial charge on any atom is -0.480 e. The van der Waals surface area contributed by atoms with E-state index in [-0.39, 0.29) is 12.0 Å². The summed E-state index contributed by atoms with van der Waals surface area (Å²) in [5, 5.41) is 11.4. The Hall–Kier alpha value is -1.98. The fourth-order valence-corrected chi connectivity index (χ4v) is 2.02. The van der Waals surface area contributed by atoms with Gasteiger partial charge in [-0.2, -0.15) is 0 Å². The van der Waals surface area contributed by atoms with Gasteiger partial charge in [0.05, 0.1) is 5.92 Å². The number of carbonyl (C=O) groups is 2. The summed E-state index contributed by atoms with van der Waals surface area (Å²) < 4.78 is 27.2. The molecule has 2 atom stereocenters. The zero-order chi connectivity index (χ0) is 16.0. The SMILES string of the molecule is CCCCC(NC(=O)C(C)c1c(F)cccc1F)C(=O)O. The van der Waals surface area contributed by atoms with Gasteiger partial charge in [-0.3, -0.25) is 4.79 Å². The summed E-state index contributed by atoms with van der Waals surface area (Å²) in [6, 6.07) is 2.29. The van der Waals surface area contributed by atoms with E-state index in [9.17, 15) is 18.4 Å². The number of carboxylic acid groups (broad SMARTS) is 1. The number of aliphatic carboxylic acids is 1. The Morgan fingerprint density at radius 2 is 1.86 bits per heavy atom. The number of carbonyl (C=O) groups excluding carboxylic acids is 1. The van der Waals surface area contributed by atoms with Gasteiger partial charge in [0.25, 0.3) is 0 Å². The smallest absolute Gasteiger partial charge is 0.326 e. The normalized spacial score (nSPS) is 13.5. The van der Waals surface area contributed by atoms with Crippen molar-refractivity contribution in [3.05, 3.63) is 35.4 Å². The van der Waals surface area contributed by atoms with Crippen LogP contribution < -0.4 is 5.32 Å². The highest BCUT2D eigenvalue weighted by molar-refractivity contribution is 5.87. The minimum atomic E-state index is -1.15. The molecule has 21 heavy (non-hydrogen) atoms. The molecule has 0 aliphatic carbocycles. The molecule has 0 radical (unpaired) electrons. The summed E-state index contributed by atoms with van der Waals surface area (Å²) in [6.45, 7) is 3.24. The first-order valence-corrected chi connectivity index (χ1v) is 6.85. The fraction of sp³-hybridized carbons (Fsp3) is 0.467. The number of carboxylic acids is 1. The Labute approximate surface area is 122 Å². The number of amides is 1. The van der Waals surface area contributed by atoms with E-state index in [1.165, 1.54) is 13.0 Å². The third-order valence-electron chi connectivity index (χ3n) is 3.29. The second-order valence-corrected chi connectivity index (χ2v) is 4.90. The van der Waals surface area contributed by atoms with Gasteiger partial charge in [0.2, 0.25) is 5.91 Å². The third-order valence-corrected chi connectivity index (χ3v) is 3.29. The minimum absolute atomic E-state index is 0.282. The van der Waals surface area contributed by atoms with Crippen LogP contribution in [0.15, 0.2) is 18.2 Å². The highest BCUT2D eigenvalue weighted by Gasteiger charge is 2.26. The number of unbranched alkanes of at least 4 members (excludes halogenated alkanes) is 1.